The number of carbonyl (C=O) groups excluding carboxylic acids is 1. The van der Waals surface area contributed by atoms with Gasteiger partial charge in [0.05, 0.1) is 16.1 Å². The first-order valence-electron chi connectivity index (χ1n) is 8.61. The monoisotopic (exact) mass is 442 g/mol. The minimum absolute atomic E-state index is 0.247. The minimum Gasteiger partial charge on any atom is -0.465 e. The molecule has 1 unspecified atom stereocenters. The fraction of sp³-hybridized carbons (Fsp3) is 0.421. The largest absolute Gasteiger partial charge is 0.465 e. The van der Waals surface area contributed by atoms with Crippen LogP contribution in [0.1, 0.15) is 46.3 Å². The Labute approximate surface area is 165 Å². The van der Waals surface area contributed by atoms with Crippen LogP contribution >= 0.6 is 27.5 Å². The number of likely N-dealkylation sites (tertiary alicyclic amines) is 1. The summed E-state index contributed by atoms with van der Waals surface area (Å²) < 4.78 is 20.6. The van der Waals surface area contributed by atoms with Gasteiger partial charge < -0.3 is 9.73 Å². The van der Waals surface area contributed by atoms with Gasteiger partial charge in [-0.2, -0.15) is 0 Å². The number of benzene rings is 1. The molecule has 0 radical (unpaired) electrons. The minimum atomic E-state index is -0.347. The number of furan rings is 1. The molecule has 2 aromatic rings. The van der Waals surface area contributed by atoms with Gasteiger partial charge in [-0.05, 0) is 67.8 Å². The van der Waals surface area contributed by atoms with Crippen molar-refractivity contribution in [2.24, 2.45) is 0 Å². The molecule has 0 aliphatic carbocycles. The average molecular weight is 444 g/mol. The second-order valence-electron chi connectivity index (χ2n) is 6.51. The number of nitrogens with zero attached hydrogens (tertiary/aromatic N) is 1. The highest BCUT2D eigenvalue weighted by Crippen LogP contribution is 2.32. The van der Waals surface area contributed by atoms with Crippen molar-refractivity contribution in [3.63, 3.8) is 0 Å². The molecular formula is C19H21BrClFN2O2. The summed E-state index contributed by atoms with van der Waals surface area (Å²) in [5.41, 5.74) is 0.915. The van der Waals surface area contributed by atoms with E-state index in [1.165, 1.54) is 6.07 Å². The van der Waals surface area contributed by atoms with Gasteiger partial charge in [0.2, 0.25) is 0 Å². The molecule has 7 heteroatoms. The van der Waals surface area contributed by atoms with Gasteiger partial charge in [0.15, 0.2) is 0 Å². The average Bonchev–Trinajstić information content (AvgIpc) is 3.19. The molecule has 0 spiro atoms. The van der Waals surface area contributed by atoms with Gasteiger partial charge in [-0.15, -0.1) is 0 Å². The van der Waals surface area contributed by atoms with E-state index in [1.54, 1.807) is 26.0 Å². The second-order valence-corrected chi connectivity index (χ2v) is 7.71. The fourth-order valence-corrected chi connectivity index (χ4v) is 4.32. The van der Waals surface area contributed by atoms with Gasteiger partial charge in [0.25, 0.3) is 5.91 Å². The van der Waals surface area contributed by atoms with Gasteiger partial charge in [0, 0.05) is 17.1 Å². The Morgan fingerprint density at radius 2 is 2.04 bits per heavy atom. The molecule has 140 valence electrons. The summed E-state index contributed by atoms with van der Waals surface area (Å²) in [5.74, 6) is 0.609. The summed E-state index contributed by atoms with van der Waals surface area (Å²) >= 11 is 9.68. The van der Waals surface area contributed by atoms with Crippen LogP contribution in [0.25, 0.3) is 0 Å². The number of aryl methyl sites for hydroxylation is 2. The number of hydrogen-bond donors (Lipinski definition) is 1. The molecule has 26 heavy (non-hydrogen) atoms. The van der Waals surface area contributed by atoms with Gasteiger partial charge in [0.1, 0.15) is 17.3 Å². The lowest BCUT2D eigenvalue weighted by Crippen LogP contribution is -2.37. The molecule has 1 fully saturated rings. The molecular weight excluding hydrogens is 423 g/mol. The van der Waals surface area contributed by atoms with Crippen molar-refractivity contribution in [1.82, 2.24) is 10.2 Å². The summed E-state index contributed by atoms with van der Waals surface area (Å²) in [7, 11) is 0. The van der Waals surface area contributed by atoms with E-state index in [4.69, 9.17) is 16.0 Å². The predicted octanol–water partition coefficient (Wildman–Crippen LogP) is 5.02. The highest BCUT2D eigenvalue weighted by atomic mass is 79.9. The van der Waals surface area contributed by atoms with E-state index < -0.39 is 0 Å². The third kappa shape index (κ3) is 3.82. The maximum Gasteiger partial charge on any atom is 0.256 e. The number of halogens is 3. The maximum atomic E-state index is 14.5. The third-order valence-corrected chi connectivity index (χ3v) is 6.07. The van der Waals surface area contributed by atoms with Crippen LogP contribution in [0.4, 0.5) is 4.39 Å². The molecule has 0 bridgehead atoms. The normalized spacial score (nSPS) is 16.0. The van der Waals surface area contributed by atoms with Crippen LogP contribution in [0.2, 0.25) is 5.02 Å². The van der Waals surface area contributed by atoms with Gasteiger partial charge in [-0.25, -0.2) is 4.39 Å². The zero-order valence-electron chi connectivity index (χ0n) is 14.7. The number of nitrogens with one attached hydrogen (secondary N) is 1. The predicted molar refractivity (Wildman–Crippen MR) is 103 cm³/mol. The Kier molecular flexibility index (Phi) is 6.05. The topological polar surface area (TPSA) is 45.5 Å². The molecule has 4 nitrogen and oxygen atoms in total. The van der Waals surface area contributed by atoms with E-state index in [2.05, 4.69) is 26.1 Å². The lowest BCUT2D eigenvalue weighted by atomic mass is 10.0. The molecule has 1 amide bonds. The molecule has 1 saturated heterocycles. The zero-order valence-corrected chi connectivity index (χ0v) is 17.1. The maximum absolute atomic E-state index is 14.5. The van der Waals surface area contributed by atoms with E-state index in [9.17, 15) is 9.18 Å². The fourth-order valence-electron chi connectivity index (χ4n) is 3.49. The van der Waals surface area contributed by atoms with Crippen LogP contribution in [0.3, 0.4) is 0 Å². The van der Waals surface area contributed by atoms with Crippen molar-refractivity contribution in [2.45, 2.75) is 32.7 Å². The Morgan fingerprint density at radius 1 is 1.35 bits per heavy atom. The van der Waals surface area contributed by atoms with Crippen molar-refractivity contribution in [2.75, 3.05) is 19.6 Å². The first kappa shape index (κ1) is 19.4. The van der Waals surface area contributed by atoms with E-state index in [0.29, 0.717) is 32.1 Å². The van der Waals surface area contributed by atoms with E-state index in [-0.39, 0.29) is 24.3 Å². The molecule has 1 aliphatic heterocycles. The number of amides is 1. The summed E-state index contributed by atoms with van der Waals surface area (Å²) in [6, 6.07) is 4.38. The number of carbonyl (C=O) groups is 1. The molecule has 0 saturated carbocycles. The number of rotatable bonds is 5. The Bertz CT molecular complexity index is 798. The molecule has 3 rings (SSSR count). The Morgan fingerprint density at radius 3 is 2.62 bits per heavy atom. The SMILES string of the molecule is Cc1oc(C)c(C(=O)NCC(c2c(F)cccc2Cl)N2CCCC2)c1Br. The molecule has 1 aromatic carbocycles. The standard InChI is InChI=1S/C19H21BrClFN2O2/c1-11-16(18(20)12(2)26-11)19(25)23-10-15(24-8-3-4-9-24)17-13(21)6-5-7-14(17)22/h5-7,15H,3-4,8-10H2,1-2H3,(H,23,25). The highest BCUT2D eigenvalue weighted by Gasteiger charge is 2.29. The smallest absolute Gasteiger partial charge is 0.256 e. The van der Waals surface area contributed by atoms with Crippen LogP contribution in [0.15, 0.2) is 27.1 Å². The second kappa shape index (κ2) is 8.11. The van der Waals surface area contributed by atoms with Crippen LogP contribution in [0.5, 0.6) is 0 Å². The van der Waals surface area contributed by atoms with E-state index >= 15 is 0 Å². The number of hydrogen-bond acceptors (Lipinski definition) is 3. The lowest BCUT2D eigenvalue weighted by Gasteiger charge is -2.29. The zero-order chi connectivity index (χ0) is 18.8. The summed E-state index contributed by atoms with van der Waals surface area (Å²) in [5, 5.41) is 3.31. The van der Waals surface area contributed by atoms with Crippen LogP contribution in [0, 0.1) is 19.7 Å². The quantitative estimate of drug-likeness (QED) is 0.706. The summed E-state index contributed by atoms with van der Waals surface area (Å²) in [4.78, 5) is 14.8. The van der Waals surface area contributed by atoms with Crippen LogP contribution in [-0.2, 0) is 0 Å². The summed E-state index contributed by atoms with van der Waals surface area (Å²) in [6.07, 6.45) is 2.12. The molecule has 2 heterocycles. The molecule has 1 N–H and O–H groups in total. The third-order valence-electron chi connectivity index (χ3n) is 4.78. The molecule has 1 aromatic heterocycles. The highest BCUT2D eigenvalue weighted by molar-refractivity contribution is 9.10. The first-order valence-corrected chi connectivity index (χ1v) is 9.79. The van der Waals surface area contributed by atoms with E-state index in [1.807, 2.05) is 0 Å². The van der Waals surface area contributed by atoms with Gasteiger partial charge >= 0.3 is 0 Å². The van der Waals surface area contributed by atoms with Crippen LogP contribution < -0.4 is 5.32 Å². The Balaban J connectivity index is 1.84. The van der Waals surface area contributed by atoms with E-state index in [0.717, 1.165) is 25.9 Å². The lowest BCUT2D eigenvalue weighted by molar-refractivity contribution is 0.0935. The van der Waals surface area contributed by atoms with Crippen molar-refractivity contribution < 1.29 is 13.6 Å². The van der Waals surface area contributed by atoms with Gasteiger partial charge in [-0.3, -0.25) is 9.69 Å². The first-order chi connectivity index (χ1) is 12.4. The van der Waals surface area contributed by atoms with Crippen molar-refractivity contribution in [3.8, 4) is 0 Å². The van der Waals surface area contributed by atoms with Crippen LogP contribution in [-0.4, -0.2) is 30.4 Å². The molecule has 1 atom stereocenters. The Hall–Kier alpha value is -1.37. The van der Waals surface area contributed by atoms with Crippen molar-refractivity contribution in [3.05, 3.63) is 56.2 Å². The van der Waals surface area contributed by atoms with Crippen molar-refractivity contribution >= 4 is 33.4 Å². The van der Waals surface area contributed by atoms with Gasteiger partial charge in [-0.1, -0.05) is 17.7 Å². The van der Waals surface area contributed by atoms with Crippen molar-refractivity contribution in [1.29, 1.82) is 0 Å². The summed E-state index contributed by atoms with van der Waals surface area (Å²) in [6.45, 7) is 5.53. The molecule has 1 aliphatic rings.